The maximum atomic E-state index is 13.9. The first-order chi connectivity index (χ1) is 15.3. The average Bonchev–Trinajstić information content (AvgIpc) is 3.14. The number of benzene rings is 2. The molecule has 2 atom stereocenters. The standard InChI is InChI=1S/C23H20ClF3N4O/c24-19-20(22(32)30-11-10-14-6-4-5-9-16(14)13-30)29-31-18(23(25,26)27)12-17(28-21(19)31)15-7-2-1-3-8-15/h1-9,17-18,28H,10-13H2. The minimum absolute atomic E-state index is 0.0230. The molecule has 0 saturated carbocycles. The molecule has 0 saturated heterocycles. The molecule has 32 heavy (non-hydrogen) atoms. The Hall–Kier alpha value is -3.00. The number of nitrogens with one attached hydrogen (secondary N) is 1. The first kappa shape index (κ1) is 20.9. The van der Waals surface area contributed by atoms with Crippen molar-refractivity contribution < 1.29 is 18.0 Å². The number of aromatic nitrogens is 2. The molecule has 0 fully saturated rings. The molecule has 3 heterocycles. The third-order valence-corrected chi connectivity index (χ3v) is 6.48. The second-order valence-corrected chi connectivity index (χ2v) is 8.48. The molecule has 0 spiro atoms. The van der Waals surface area contributed by atoms with Crippen LogP contribution in [0, 0.1) is 0 Å². The zero-order chi connectivity index (χ0) is 22.5. The second kappa shape index (κ2) is 7.85. The minimum atomic E-state index is -4.54. The van der Waals surface area contributed by atoms with E-state index in [4.69, 9.17) is 11.6 Å². The van der Waals surface area contributed by atoms with Crippen LogP contribution in [-0.4, -0.2) is 33.3 Å². The summed E-state index contributed by atoms with van der Waals surface area (Å²) in [5, 5.41) is 7.06. The number of carbonyl (C=O) groups excluding carboxylic acids is 1. The van der Waals surface area contributed by atoms with Crippen molar-refractivity contribution in [1.29, 1.82) is 0 Å². The SMILES string of the molecule is O=C(c1nn2c(c1Cl)NC(c1ccccc1)CC2C(F)(F)F)N1CCc2ccccc2C1. The zero-order valence-corrected chi connectivity index (χ0v) is 17.7. The lowest BCUT2D eigenvalue weighted by atomic mass is 9.97. The van der Waals surface area contributed by atoms with Crippen molar-refractivity contribution >= 4 is 23.3 Å². The molecule has 2 unspecified atom stereocenters. The van der Waals surface area contributed by atoms with E-state index in [9.17, 15) is 18.0 Å². The Balaban J connectivity index is 1.49. The fourth-order valence-corrected chi connectivity index (χ4v) is 4.71. The van der Waals surface area contributed by atoms with Gasteiger partial charge in [0.05, 0.1) is 6.04 Å². The summed E-state index contributed by atoms with van der Waals surface area (Å²) in [5.41, 5.74) is 2.74. The number of halogens is 4. The number of carbonyl (C=O) groups is 1. The van der Waals surface area contributed by atoms with Crippen LogP contribution < -0.4 is 5.32 Å². The van der Waals surface area contributed by atoms with Crippen molar-refractivity contribution in [3.8, 4) is 0 Å². The van der Waals surface area contributed by atoms with E-state index in [0.29, 0.717) is 25.1 Å². The molecule has 1 amide bonds. The van der Waals surface area contributed by atoms with Crippen LogP contribution >= 0.6 is 11.6 Å². The van der Waals surface area contributed by atoms with Crippen molar-refractivity contribution in [1.82, 2.24) is 14.7 Å². The molecule has 3 aromatic rings. The number of alkyl halides is 3. The highest BCUT2D eigenvalue weighted by Gasteiger charge is 2.48. The lowest BCUT2D eigenvalue weighted by Crippen LogP contribution is -2.37. The van der Waals surface area contributed by atoms with E-state index in [1.54, 1.807) is 35.2 Å². The minimum Gasteiger partial charge on any atom is -0.362 e. The van der Waals surface area contributed by atoms with E-state index in [1.807, 2.05) is 24.3 Å². The highest BCUT2D eigenvalue weighted by atomic mass is 35.5. The molecule has 5 nitrogen and oxygen atoms in total. The van der Waals surface area contributed by atoms with E-state index in [0.717, 1.165) is 15.8 Å². The van der Waals surface area contributed by atoms with Crippen molar-refractivity contribution in [2.24, 2.45) is 0 Å². The topological polar surface area (TPSA) is 50.2 Å². The molecule has 2 aliphatic rings. The zero-order valence-electron chi connectivity index (χ0n) is 16.9. The molecule has 0 aliphatic carbocycles. The van der Waals surface area contributed by atoms with E-state index >= 15 is 0 Å². The molecule has 9 heteroatoms. The summed E-state index contributed by atoms with van der Waals surface area (Å²) in [7, 11) is 0. The lowest BCUT2D eigenvalue weighted by Gasteiger charge is -2.33. The van der Waals surface area contributed by atoms with Gasteiger partial charge in [0, 0.05) is 19.5 Å². The average molecular weight is 461 g/mol. The number of fused-ring (bicyclic) bond motifs is 2. The van der Waals surface area contributed by atoms with E-state index in [2.05, 4.69) is 10.4 Å². The van der Waals surface area contributed by atoms with Gasteiger partial charge in [0.1, 0.15) is 10.8 Å². The second-order valence-electron chi connectivity index (χ2n) is 8.10. The first-order valence-corrected chi connectivity index (χ1v) is 10.7. The van der Waals surface area contributed by atoms with Gasteiger partial charge in [0.25, 0.3) is 5.91 Å². The summed E-state index contributed by atoms with van der Waals surface area (Å²) in [6.45, 7) is 0.827. The summed E-state index contributed by atoms with van der Waals surface area (Å²) in [5.74, 6) is -0.444. The van der Waals surface area contributed by atoms with Gasteiger partial charge in [-0.2, -0.15) is 18.3 Å². The predicted octanol–water partition coefficient (Wildman–Crippen LogP) is 5.40. The summed E-state index contributed by atoms with van der Waals surface area (Å²) in [6.07, 6.45) is -4.11. The van der Waals surface area contributed by atoms with Crippen LogP contribution in [0.25, 0.3) is 0 Å². The van der Waals surface area contributed by atoms with Gasteiger partial charge in [-0.3, -0.25) is 4.79 Å². The predicted molar refractivity (Wildman–Crippen MR) is 115 cm³/mol. The maximum Gasteiger partial charge on any atom is 0.410 e. The number of hydrogen-bond acceptors (Lipinski definition) is 3. The Labute approximate surface area is 187 Å². The summed E-state index contributed by atoms with van der Waals surface area (Å²) in [6, 6.07) is 14.2. The smallest absolute Gasteiger partial charge is 0.362 e. The summed E-state index contributed by atoms with van der Waals surface area (Å²) < 4.78 is 42.7. The Kier molecular flexibility index (Phi) is 5.12. The van der Waals surface area contributed by atoms with Crippen molar-refractivity contribution in [2.75, 3.05) is 11.9 Å². The van der Waals surface area contributed by atoms with Crippen molar-refractivity contribution in [3.05, 3.63) is 82.0 Å². The van der Waals surface area contributed by atoms with Gasteiger partial charge in [-0.15, -0.1) is 0 Å². The van der Waals surface area contributed by atoms with Crippen LogP contribution in [0.4, 0.5) is 19.0 Å². The highest BCUT2D eigenvalue weighted by Crippen LogP contribution is 2.46. The van der Waals surface area contributed by atoms with Crippen molar-refractivity contribution in [2.45, 2.75) is 37.6 Å². The van der Waals surface area contributed by atoms with Gasteiger partial charge in [0.15, 0.2) is 11.7 Å². The van der Waals surface area contributed by atoms with Crippen LogP contribution in [0.5, 0.6) is 0 Å². The van der Waals surface area contributed by atoms with Crippen LogP contribution in [0.15, 0.2) is 54.6 Å². The molecule has 0 bridgehead atoms. The monoisotopic (exact) mass is 460 g/mol. The maximum absolute atomic E-state index is 13.9. The van der Waals surface area contributed by atoms with Gasteiger partial charge >= 0.3 is 6.18 Å². The molecule has 166 valence electrons. The molecule has 1 aromatic heterocycles. The Morgan fingerprint density at radius 1 is 1.06 bits per heavy atom. The third kappa shape index (κ3) is 3.62. The third-order valence-electron chi connectivity index (χ3n) is 6.12. The molecule has 0 radical (unpaired) electrons. The fourth-order valence-electron chi connectivity index (χ4n) is 4.45. The molecular weight excluding hydrogens is 441 g/mol. The normalized spacial score (nSPS) is 20.3. The lowest BCUT2D eigenvalue weighted by molar-refractivity contribution is -0.173. The fraction of sp³-hybridized carbons (Fsp3) is 0.304. The molecule has 1 N–H and O–H groups in total. The number of nitrogens with zero attached hydrogens (tertiary/aromatic N) is 3. The Bertz CT molecular complexity index is 1160. The van der Waals surface area contributed by atoms with E-state index < -0.39 is 24.2 Å². The van der Waals surface area contributed by atoms with Crippen LogP contribution in [-0.2, 0) is 13.0 Å². The van der Waals surface area contributed by atoms with Crippen LogP contribution in [0.2, 0.25) is 5.02 Å². The largest absolute Gasteiger partial charge is 0.410 e. The number of rotatable bonds is 2. The van der Waals surface area contributed by atoms with Gasteiger partial charge in [-0.1, -0.05) is 66.2 Å². The van der Waals surface area contributed by atoms with Gasteiger partial charge < -0.3 is 10.2 Å². The van der Waals surface area contributed by atoms with Gasteiger partial charge in [-0.05, 0) is 23.1 Å². The number of amides is 1. The molecule has 5 rings (SSSR count). The van der Waals surface area contributed by atoms with Crippen LogP contribution in [0.1, 0.15) is 45.7 Å². The summed E-state index contributed by atoms with van der Waals surface area (Å²) in [4.78, 5) is 14.8. The number of hydrogen-bond donors (Lipinski definition) is 1. The Morgan fingerprint density at radius 3 is 2.47 bits per heavy atom. The van der Waals surface area contributed by atoms with Gasteiger partial charge in [-0.25, -0.2) is 4.68 Å². The van der Waals surface area contributed by atoms with Crippen LogP contribution in [0.3, 0.4) is 0 Å². The molecular formula is C23H20ClF3N4O. The highest BCUT2D eigenvalue weighted by molar-refractivity contribution is 6.36. The molecule has 2 aliphatic heterocycles. The van der Waals surface area contributed by atoms with Crippen molar-refractivity contribution in [3.63, 3.8) is 0 Å². The number of anilines is 1. The molecule has 2 aromatic carbocycles. The Morgan fingerprint density at radius 2 is 1.75 bits per heavy atom. The summed E-state index contributed by atoms with van der Waals surface area (Å²) >= 11 is 6.46. The first-order valence-electron chi connectivity index (χ1n) is 10.3. The van der Waals surface area contributed by atoms with E-state index in [-0.39, 0.29) is 23.0 Å². The van der Waals surface area contributed by atoms with Gasteiger partial charge in [0.2, 0.25) is 0 Å². The van der Waals surface area contributed by atoms with E-state index in [1.165, 1.54) is 0 Å². The quantitative estimate of drug-likeness (QED) is 0.557.